The maximum Gasteiger partial charge on any atom is 0.248 e. The Bertz CT molecular complexity index is 1580. The third kappa shape index (κ3) is 5.56. The predicted molar refractivity (Wildman–Crippen MR) is 140 cm³/mol. The summed E-state index contributed by atoms with van der Waals surface area (Å²) in [4.78, 5) is 12.8. The smallest absolute Gasteiger partial charge is 0.248 e. The van der Waals surface area contributed by atoms with Gasteiger partial charge in [0.15, 0.2) is 29.3 Å². The van der Waals surface area contributed by atoms with Gasteiger partial charge in [0.1, 0.15) is 18.5 Å². The molecule has 1 fully saturated rings. The minimum absolute atomic E-state index is 0.0517. The minimum atomic E-state index is -3.62. The number of hydrogen-bond donors (Lipinski definition) is 4. The fraction of sp³-hybridized carbons (Fsp3) is 0.458. The number of nitrogens with one attached hydrogen (secondary N) is 2. The number of aliphatic hydroxyl groups is 2. The Morgan fingerprint density at radius 2 is 1.90 bits per heavy atom. The van der Waals surface area contributed by atoms with Gasteiger partial charge in [0.2, 0.25) is 21.8 Å². The maximum absolute atomic E-state index is 12.5. The summed E-state index contributed by atoms with van der Waals surface area (Å²) in [6.07, 6.45) is -2.12. The van der Waals surface area contributed by atoms with Crippen molar-refractivity contribution in [3.05, 3.63) is 54.3 Å². The van der Waals surface area contributed by atoms with Crippen molar-refractivity contribution in [3.63, 3.8) is 0 Å². The number of sulfonamides is 1. The van der Waals surface area contributed by atoms with Gasteiger partial charge in [0.05, 0.1) is 12.1 Å². The second kappa shape index (κ2) is 10.1. The SMILES string of the molecule is Cc1cccc(NS(=O)(=O)CCNc2ncnc3c2ncn3[C@@H]2O[C@H](c3nnc(C(C)(C)C)o3)[C@@H](O)[C@@H]2O)c1. The summed E-state index contributed by atoms with van der Waals surface area (Å²) in [5.41, 5.74) is 1.68. The lowest BCUT2D eigenvalue weighted by atomic mass is 9.97. The molecule has 0 saturated carbocycles. The number of aryl methyl sites for hydroxylation is 1. The summed E-state index contributed by atoms with van der Waals surface area (Å²) in [6, 6.07) is 7.08. The molecule has 14 nitrogen and oxygen atoms in total. The first-order chi connectivity index (χ1) is 18.4. The molecule has 1 aliphatic heterocycles. The Morgan fingerprint density at radius 3 is 2.62 bits per heavy atom. The molecular weight excluding hydrogens is 528 g/mol. The van der Waals surface area contributed by atoms with Gasteiger partial charge in [-0.1, -0.05) is 32.9 Å². The van der Waals surface area contributed by atoms with E-state index < -0.39 is 40.0 Å². The van der Waals surface area contributed by atoms with Gasteiger partial charge in [0.25, 0.3) is 0 Å². The molecule has 0 spiro atoms. The molecule has 208 valence electrons. The van der Waals surface area contributed by atoms with Crippen LogP contribution in [-0.2, 0) is 20.2 Å². The largest absolute Gasteiger partial charge is 0.422 e. The number of ether oxygens (including phenoxy) is 1. The zero-order valence-electron chi connectivity index (χ0n) is 21.8. The van der Waals surface area contributed by atoms with E-state index in [-0.39, 0.29) is 18.2 Å². The van der Waals surface area contributed by atoms with Crippen LogP contribution in [0, 0.1) is 6.92 Å². The highest BCUT2D eigenvalue weighted by Gasteiger charge is 2.48. The normalized spacial score (nSPS) is 21.9. The van der Waals surface area contributed by atoms with E-state index in [4.69, 9.17) is 9.15 Å². The Balaban J connectivity index is 1.30. The number of anilines is 2. The molecule has 0 radical (unpaired) electrons. The van der Waals surface area contributed by atoms with Gasteiger partial charge < -0.3 is 24.7 Å². The summed E-state index contributed by atoms with van der Waals surface area (Å²) in [5, 5.41) is 32.5. The van der Waals surface area contributed by atoms with Crippen molar-refractivity contribution in [2.24, 2.45) is 0 Å². The van der Waals surface area contributed by atoms with Crippen molar-refractivity contribution in [2.45, 2.75) is 57.6 Å². The lowest BCUT2D eigenvalue weighted by Gasteiger charge is -2.16. The molecule has 4 heterocycles. The van der Waals surface area contributed by atoms with Crippen LogP contribution in [0.15, 0.2) is 41.3 Å². The van der Waals surface area contributed by atoms with Crippen LogP contribution >= 0.6 is 0 Å². The summed E-state index contributed by atoms with van der Waals surface area (Å²) >= 11 is 0. The third-order valence-electron chi connectivity index (χ3n) is 6.15. The topological polar surface area (TPSA) is 190 Å². The van der Waals surface area contributed by atoms with Gasteiger partial charge in [-0.3, -0.25) is 9.29 Å². The molecule has 4 aromatic rings. The molecule has 4 atom stereocenters. The number of benzene rings is 1. The molecule has 1 aliphatic rings. The van der Waals surface area contributed by atoms with Crippen LogP contribution in [0.4, 0.5) is 11.5 Å². The highest BCUT2D eigenvalue weighted by Crippen LogP contribution is 2.40. The Hall–Kier alpha value is -3.66. The number of fused-ring (bicyclic) bond motifs is 1. The maximum atomic E-state index is 12.5. The molecule has 0 amide bonds. The van der Waals surface area contributed by atoms with Crippen molar-refractivity contribution in [3.8, 4) is 0 Å². The monoisotopic (exact) mass is 558 g/mol. The van der Waals surface area contributed by atoms with Crippen LogP contribution in [0.1, 0.15) is 50.4 Å². The number of nitrogens with zero attached hydrogens (tertiary/aromatic N) is 6. The van der Waals surface area contributed by atoms with E-state index >= 15 is 0 Å². The van der Waals surface area contributed by atoms with Crippen LogP contribution in [0.25, 0.3) is 11.2 Å². The van der Waals surface area contributed by atoms with Gasteiger partial charge in [-0.05, 0) is 24.6 Å². The number of aliphatic hydroxyl groups excluding tert-OH is 2. The highest BCUT2D eigenvalue weighted by atomic mass is 32.2. The Kier molecular flexibility index (Phi) is 7.00. The quantitative estimate of drug-likeness (QED) is 0.245. The van der Waals surface area contributed by atoms with Crippen molar-refractivity contribution in [2.75, 3.05) is 22.3 Å². The highest BCUT2D eigenvalue weighted by molar-refractivity contribution is 7.92. The molecule has 1 saturated heterocycles. The molecule has 1 aromatic carbocycles. The first-order valence-corrected chi connectivity index (χ1v) is 13.9. The first kappa shape index (κ1) is 26.9. The number of rotatable bonds is 8. The second-order valence-electron chi connectivity index (χ2n) is 10.4. The van der Waals surface area contributed by atoms with E-state index in [0.29, 0.717) is 28.6 Å². The lowest BCUT2D eigenvalue weighted by molar-refractivity contribution is -0.0441. The minimum Gasteiger partial charge on any atom is -0.422 e. The van der Waals surface area contributed by atoms with Gasteiger partial charge in [-0.2, -0.15) is 0 Å². The van der Waals surface area contributed by atoms with Crippen molar-refractivity contribution < 1.29 is 27.8 Å². The molecule has 4 N–H and O–H groups in total. The van der Waals surface area contributed by atoms with E-state index in [0.717, 1.165) is 5.56 Å². The summed E-state index contributed by atoms with van der Waals surface area (Å²) in [7, 11) is -3.62. The van der Waals surface area contributed by atoms with Gasteiger partial charge >= 0.3 is 0 Å². The van der Waals surface area contributed by atoms with Crippen molar-refractivity contribution >= 4 is 32.7 Å². The number of aromatic nitrogens is 6. The van der Waals surface area contributed by atoms with Crippen LogP contribution in [0.5, 0.6) is 0 Å². The fourth-order valence-corrected chi connectivity index (χ4v) is 5.12. The van der Waals surface area contributed by atoms with Crippen LogP contribution in [-0.4, -0.2) is 72.9 Å². The third-order valence-corrected chi connectivity index (χ3v) is 7.44. The van der Waals surface area contributed by atoms with E-state index in [1.807, 2.05) is 33.8 Å². The van der Waals surface area contributed by atoms with E-state index in [1.165, 1.54) is 17.2 Å². The molecule has 5 rings (SSSR count). The van der Waals surface area contributed by atoms with Crippen molar-refractivity contribution in [1.82, 2.24) is 29.7 Å². The summed E-state index contributed by atoms with van der Waals surface area (Å²) < 4.78 is 40.7. The van der Waals surface area contributed by atoms with E-state index in [2.05, 4.69) is 35.2 Å². The van der Waals surface area contributed by atoms with Crippen molar-refractivity contribution in [1.29, 1.82) is 0 Å². The summed E-state index contributed by atoms with van der Waals surface area (Å²) in [5.74, 6) is 0.516. The number of hydrogen-bond acceptors (Lipinski definition) is 12. The molecule has 15 heteroatoms. The predicted octanol–water partition coefficient (Wildman–Crippen LogP) is 1.66. The van der Waals surface area contributed by atoms with E-state index in [9.17, 15) is 18.6 Å². The zero-order chi connectivity index (χ0) is 27.9. The number of imidazole rings is 1. The molecule has 3 aromatic heterocycles. The lowest BCUT2D eigenvalue weighted by Crippen LogP contribution is -2.29. The molecule has 39 heavy (non-hydrogen) atoms. The van der Waals surface area contributed by atoms with Gasteiger partial charge in [-0.15, -0.1) is 10.2 Å². The molecule has 0 bridgehead atoms. The Labute approximate surface area is 224 Å². The zero-order valence-corrected chi connectivity index (χ0v) is 22.6. The summed E-state index contributed by atoms with van der Waals surface area (Å²) in [6.45, 7) is 7.66. The van der Waals surface area contributed by atoms with Gasteiger partial charge in [-0.25, -0.2) is 23.4 Å². The second-order valence-corrected chi connectivity index (χ2v) is 12.2. The van der Waals surface area contributed by atoms with E-state index in [1.54, 1.807) is 18.2 Å². The van der Waals surface area contributed by atoms with Crippen LogP contribution < -0.4 is 10.0 Å². The fourth-order valence-electron chi connectivity index (χ4n) is 4.16. The van der Waals surface area contributed by atoms with Gasteiger partial charge in [0, 0.05) is 17.6 Å². The molecule has 0 unspecified atom stereocenters. The van der Waals surface area contributed by atoms with Crippen LogP contribution in [0.2, 0.25) is 0 Å². The Morgan fingerprint density at radius 1 is 1.10 bits per heavy atom. The average Bonchev–Trinajstić information content (AvgIpc) is 3.57. The molecule has 0 aliphatic carbocycles. The standard InChI is InChI=1S/C24H30N8O6S/c1-13-6-5-7-14(10-13)31-39(35,36)9-8-25-19-15-20(27-11-26-19)32(12-28-15)22-17(34)16(33)18(37-22)21-29-30-23(38-21)24(2,3)4/h5-7,10-12,16-18,22,31,33-34H,8-9H2,1-4H3,(H,25,26,27)/t16-,17-,18-,22+/m0/s1. The van der Waals surface area contributed by atoms with Crippen LogP contribution in [0.3, 0.4) is 0 Å². The first-order valence-electron chi connectivity index (χ1n) is 12.3. The molecular formula is C24H30N8O6S. The average molecular weight is 559 g/mol.